The molecule has 0 unspecified atom stereocenters. The van der Waals surface area contributed by atoms with Crippen molar-refractivity contribution < 1.29 is 39.5 Å². The topological polar surface area (TPSA) is 109 Å². The molecule has 7 nitrogen and oxygen atoms in total. The van der Waals surface area contributed by atoms with Crippen LogP contribution >= 0.6 is 0 Å². The molecule has 0 N–H and O–H groups in total. The van der Waals surface area contributed by atoms with Crippen LogP contribution in [-0.4, -0.2) is 40.7 Å². The second kappa shape index (κ2) is 5.88. The van der Waals surface area contributed by atoms with E-state index in [0.29, 0.717) is 0 Å². The molecule has 0 aromatic heterocycles. The minimum absolute atomic E-state index is 0.0581. The Balaban J connectivity index is 4.61. The molecule has 0 atom stereocenters. The van der Waals surface area contributed by atoms with Crippen LogP contribution in [-0.2, 0) is 29.6 Å². The third-order valence-corrected chi connectivity index (χ3v) is 4.39. The van der Waals surface area contributed by atoms with E-state index in [-0.39, 0.29) is 5.57 Å². The van der Waals surface area contributed by atoms with Gasteiger partial charge in [0, 0.05) is 5.57 Å². The second-order valence-corrected chi connectivity index (χ2v) is 6.78. The van der Waals surface area contributed by atoms with Crippen LogP contribution in [0.25, 0.3) is 4.13 Å². The molecule has 112 valence electrons. The number of hydrogen-bond donors (Lipinski definition) is 0. The molecule has 0 aliphatic heterocycles. The SMILES string of the molecule is C=C(C)C(=O)OCCS(=O)(=O)[N-]S(=O)(=O)C(F)(F)F. The maximum Gasteiger partial charge on any atom is 0.480 e. The first kappa shape index (κ1) is 17.9. The zero-order valence-electron chi connectivity index (χ0n) is 9.47. The Morgan fingerprint density at radius 2 is 1.74 bits per heavy atom. The van der Waals surface area contributed by atoms with E-state index in [1.807, 2.05) is 0 Å². The van der Waals surface area contributed by atoms with Gasteiger partial charge in [-0.1, -0.05) is 6.58 Å². The summed E-state index contributed by atoms with van der Waals surface area (Å²) in [6.45, 7) is 3.59. The van der Waals surface area contributed by atoms with Crippen LogP contribution in [0.5, 0.6) is 0 Å². The molecule has 0 fully saturated rings. The lowest BCUT2D eigenvalue weighted by Gasteiger charge is -2.21. The zero-order valence-corrected chi connectivity index (χ0v) is 11.1. The van der Waals surface area contributed by atoms with Crippen molar-refractivity contribution in [1.82, 2.24) is 0 Å². The Bertz CT molecular complexity index is 562. The van der Waals surface area contributed by atoms with Gasteiger partial charge >= 0.3 is 11.5 Å². The summed E-state index contributed by atoms with van der Waals surface area (Å²) < 4.78 is 84.6. The summed E-state index contributed by atoms with van der Waals surface area (Å²) in [5, 5.41) is 0. The van der Waals surface area contributed by atoms with Crippen LogP contribution in [0.15, 0.2) is 12.2 Å². The number of carbonyl (C=O) groups excluding carboxylic acids is 1. The van der Waals surface area contributed by atoms with Gasteiger partial charge in [0.15, 0.2) is 10.0 Å². The van der Waals surface area contributed by atoms with Gasteiger partial charge in [-0.3, -0.25) is 0 Å². The minimum atomic E-state index is -6.14. The van der Waals surface area contributed by atoms with E-state index in [4.69, 9.17) is 0 Å². The highest BCUT2D eigenvalue weighted by molar-refractivity contribution is 8.12. The maximum absolute atomic E-state index is 11.9. The van der Waals surface area contributed by atoms with E-state index in [2.05, 4.69) is 11.3 Å². The second-order valence-electron chi connectivity index (χ2n) is 3.20. The third-order valence-electron chi connectivity index (χ3n) is 1.43. The summed E-state index contributed by atoms with van der Waals surface area (Å²) in [6.07, 6.45) is 0. The van der Waals surface area contributed by atoms with Gasteiger partial charge in [0.05, 0.1) is 15.8 Å². The van der Waals surface area contributed by atoms with E-state index in [9.17, 15) is 34.8 Å². The molecule has 0 amide bonds. The lowest BCUT2D eigenvalue weighted by atomic mass is 10.4. The number of esters is 1. The van der Waals surface area contributed by atoms with Gasteiger partial charge < -0.3 is 8.86 Å². The number of rotatable bonds is 6. The van der Waals surface area contributed by atoms with E-state index in [0.717, 1.165) is 0 Å². The van der Waals surface area contributed by atoms with Crippen molar-refractivity contribution in [3.63, 3.8) is 0 Å². The molecule has 12 heteroatoms. The van der Waals surface area contributed by atoms with Crippen LogP contribution in [0.3, 0.4) is 0 Å². The fraction of sp³-hybridized carbons (Fsp3) is 0.571. The van der Waals surface area contributed by atoms with Gasteiger partial charge in [-0.05, 0) is 6.92 Å². The molecular formula is C7H9F3NO6S2-. The summed E-state index contributed by atoms with van der Waals surface area (Å²) in [7, 11) is -11.1. The number of carbonyl (C=O) groups is 1. The first-order valence-electron chi connectivity index (χ1n) is 4.39. The highest BCUT2D eigenvalue weighted by Gasteiger charge is 2.40. The first-order chi connectivity index (χ1) is 8.28. The molecule has 0 heterocycles. The number of nitrogens with zero attached hydrogens (tertiary/aromatic N) is 1. The van der Waals surface area contributed by atoms with Crippen LogP contribution in [0.2, 0.25) is 0 Å². The smallest absolute Gasteiger partial charge is 0.461 e. The lowest BCUT2D eigenvalue weighted by Crippen LogP contribution is -2.26. The van der Waals surface area contributed by atoms with Gasteiger partial charge in [-0.25, -0.2) is 21.6 Å². The van der Waals surface area contributed by atoms with E-state index in [1.165, 1.54) is 6.92 Å². The molecule has 0 aromatic carbocycles. The Labute approximate surface area is 107 Å². The van der Waals surface area contributed by atoms with Crippen LogP contribution in [0.1, 0.15) is 6.92 Å². The third kappa shape index (κ3) is 6.02. The molecule has 0 radical (unpaired) electrons. The minimum Gasteiger partial charge on any atom is -0.461 e. The Morgan fingerprint density at radius 1 is 1.26 bits per heavy atom. The molecule has 19 heavy (non-hydrogen) atoms. The predicted octanol–water partition coefficient (Wildman–Crippen LogP) is 0.659. The number of hydrogen-bond acceptors (Lipinski definition) is 6. The van der Waals surface area contributed by atoms with Crippen LogP contribution in [0, 0.1) is 0 Å². The maximum atomic E-state index is 11.9. The standard InChI is InChI=1S/C7H9F3NO6S2/c1-5(2)6(12)17-3-4-18(13,14)11-19(15,16)7(8,9)10/h1,3-4H2,2H3/q-1. The summed E-state index contributed by atoms with van der Waals surface area (Å²) in [6, 6.07) is 0. The Hall–Kier alpha value is -1.14. The largest absolute Gasteiger partial charge is 0.480 e. The summed E-state index contributed by atoms with van der Waals surface area (Å²) in [5.74, 6) is -2.16. The molecular weight excluding hydrogens is 315 g/mol. The van der Waals surface area contributed by atoms with Crippen molar-refractivity contribution in [3.8, 4) is 0 Å². The Morgan fingerprint density at radius 3 is 2.11 bits per heavy atom. The average molecular weight is 324 g/mol. The van der Waals surface area contributed by atoms with Gasteiger partial charge in [-0.15, -0.1) is 0 Å². The molecule has 0 aromatic rings. The predicted molar refractivity (Wildman–Crippen MR) is 57.9 cm³/mol. The van der Waals surface area contributed by atoms with Crippen LogP contribution < -0.4 is 0 Å². The van der Waals surface area contributed by atoms with E-state index < -0.39 is 43.9 Å². The van der Waals surface area contributed by atoms with Gasteiger partial charge in [-0.2, -0.15) is 13.2 Å². The van der Waals surface area contributed by atoms with Crippen LogP contribution in [0.4, 0.5) is 13.2 Å². The van der Waals surface area contributed by atoms with Crippen molar-refractivity contribution in [3.05, 3.63) is 16.3 Å². The summed E-state index contributed by atoms with van der Waals surface area (Å²) in [4.78, 5) is 10.8. The molecule has 0 saturated heterocycles. The summed E-state index contributed by atoms with van der Waals surface area (Å²) in [5.41, 5.74) is -5.87. The molecule has 0 bridgehead atoms. The highest BCUT2D eigenvalue weighted by atomic mass is 32.3. The van der Waals surface area contributed by atoms with Gasteiger partial charge in [0.2, 0.25) is 0 Å². The van der Waals surface area contributed by atoms with Crippen molar-refractivity contribution in [1.29, 1.82) is 0 Å². The zero-order chi connectivity index (χ0) is 15.5. The van der Waals surface area contributed by atoms with Crippen molar-refractivity contribution in [2.45, 2.75) is 12.4 Å². The normalized spacial score (nSPS) is 13.1. The van der Waals surface area contributed by atoms with E-state index in [1.54, 1.807) is 4.13 Å². The molecule has 0 aliphatic rings. The quantitative estimate of drug-likeness (QED) is 0.524. The molecule has 0 saturated carbocycles. The molecule has 0 aliphatic carbocycles. The number of ether oxygens (including phenoxy) is 1. The summed E-state index contributed by atoms with van der Waals surface area (Å²) >= 11 is 0. The van der Waals surface area contributed by atoms with Crippen molar-refractivity contribution >= 4 is 26.0 Å². The lowest BCUT2D eigenvalue weighted by molar-refractivity contribution is -0.138. The first-order valence-corrected chi connectivity index (χ1v) is 7.44. The molecule has 0 rings (SSSR count). The fourth-order valence-corrected chi connectivity index (χ4v) is 2.72. The van der Waals surface area contributed by atoms with Gasteiger partial charge in [0.1, 0.15) is 6.61 Å². The van der Waals surface area contributed by atoms with Crippen molar-refractivity contribution in [2.24, 2.45) is 0 Å². The average Bonchev–Trinajstić information content (AvgIpc) is 2.13. The number of sulfonamides is 2. The molecule has 0 spiro atoms. The number of halogens is 3. The Kier molecular flexibility index (Phi) is 5.53. The van der Waals surface area contributed by atoms with E-state index >= 15 is 0 Å². The van der Waals surface area contributed by atoms with Crippen molar-refractivity contribution in [2.75, 3.05) is 12.4 Å². The monoisotopic (exact) mass is 324 g/mol. The highest BCUT2D eigenvalue weighted by Crippen LogP contribution is 2.29. The number of alkyl halides is 3. The fourth-order valence-electron chi connectivity index (χ4n) is 0.592. The van der Waals surface area contributed by atoms with Gasteiger partial charge in [0.25, 0.3) is 0 Å².